The molecule has 2 aliphatic heterocycles. The number of nitrogens with zero attached hydrogens (tertiary/aromatic N) is 5. The van der Waals surface area contributed by atoms with E-state index in [0.717, 1.165) is 39.1 Å². The van der Waals surface area contributed by atoms with Gasteiger partial charge in [-0.1, -0.05) is 18.2 Å². The summed E-state index contributed by atoms with van der Waals surface area (Å²) in [5.41, 5.74) is 4.81. The summed E-state index contributed by atoms with van der Waals surface area (Å²) in [7, 11) is 2.10. The number of halogens is 1. The van der Waals surface area contributed by atoms with Gasteiger partial charge in [-0.15, -0.1) is 12.4 Å². The van der Waals surface area contributed by atoms with Crippen LogP contribution in [-0.2, 0) is 13.6 Å². The Hall–Kier alpha value is -2.68. The largest absolute Gasteiger partial charge is 0.350 e. The Morgan fingerprint density at radius 1 is 1.20 bits per heavy atom. The van der Waals surface area contributed by atoms with E-state index in [9.17, 15) is 4.79 Å². The van der Waals surface area contributed by atoms with E-state index in [1.54, 1.807) is 5.48 Å². The standard InChI is InChI=1S/C21H24N6O2.ClH/c1-25-10-16(17-4-2-3-5-18(17)25)11-26-12-21(13-26)6-7-27(14-21)20-22-8-15(9-23-20)19(28)24-29;/h2-5,8-10,29H,6-7,11-14H2,1H3,(H,24,28);1H. The molecule has 2 fully saturated rings. The van der Waals surface area contributed by atoms with E-state index in [4.69, 9.17) is 5.21 Å². The van der Waals surface area contributed by atoms with Gasteiger partial charge < -0.3 is 9.47 Å². The zero-order valence-electron chi connectivity index (χ0n) is 16.8. The van der Waals surface area contributed by atoms with Gasteiger partial charge in [0.1, 0.15) is 0 Å². The van der Waals surface area contributed by atoms with Crippen molar-refractivity contribution in [2.45, 2.75) is 13.0 Å². The Balaban J connectivity index is 0.00000218. The fourth-order valence-corrected chi connectivity index (χ4v) is 4.84. The highest BCUT2D eigenvalue weighted by Crippen LogP contribution is 2.41. The number of aromatic nitrogens is 3. The molecule has 1 aromatic carbocycles. The Kier molecular flexibility index (Phi) is 5.40. The maximum absolute atomic E-state index is 11.4. The van der Waals surface area contributed by atoms with Crippen LogP contribution in [0.1, 0.15) is 22.3 Å². The third kappa shape index (κ3) is 3.51. The lowest BCUT2D eigenvalue weighted by atomic mass is 9.79. The Labute approximate surface area is 180 Å². The Morgan fingerprint density at radius 2 is 1.93 bits per heavy atom. The smallest absolute Gasteiger partial charge is 0.277 e. The van der Waals surface area contributed by atoms with E-state index in [0.29, 0.717) is 11.4 Å². The number of carbonyl (C=O) groups excluding carboxylic acids is 1. The molecule has 2 aliphatic rings. The van der Waals surface area contributed by atoms with E-state index < -0.39 is 5.91 Å². The summed E-state index contributed by atoms with van der Waals surface area (Å²) in [6, 6.07) is 8.56. The third-order valence-corrected chi connectivity index (χ3v) is 6.21. The number of nitrogens with one attached hydrogen (secondary N) is 1. The number of likely N-dealkylation sites (tertiary alicyclic amines) is 1. The molecule has 2 saturated heterocycles. The molecule has 2 aromatic heterocycles. The highest BCUT2D eigenvalue weighted by atomic mass is 35.5. The average molecular weight is 429 g/mol. The van der Waals surface area contributed by atoms with Crippen molar-refractivity contribution in [2.24, 2.45) is 12.5 Å². The van der Waals surface area contributed by atoms with Crippen LogP contribution >= 0.6 is 12.4 Å². The molecule has 2 N–H and O–H groups in total. The van der Waals surface area contributed by atoms with Crippen molar-refractivity contribution in [3.63, 3.8) is 0 Å². The van der Waals surface area contributed by atoms with Gasteiger partial charge in [0.2, 0.25) is 5.95 Å². The summed E-state index contributed by atoms with van der Waals surface area (Å²) in [6.45, 7) is 5.00. The van der Waals surface area contributed by atoms with Crippen LogP contribution in [0.3, 0.4) is 0 Å². The maximum Gasteiger partial charge on any atom is 0.277 e. The number of aryl methyl sites for hydroxylation is 1. The van der Waals surface area contributed by atoms with Crippen molar-refractivity contribution in [1.29, 1.82) is 0 Å². The summed E-state index contributed by atoms with van der Waals surface area (Å²) in [4.78, 5) is 24.7. The van der Waals surface area contributed by atoms with E-state index in [-0.39, 0.29) is 18.0 Å². The predicted molar refractivity (Wildman–Crippen MR) is 116 cm³/mol. The number of amides is 1. The highest BCUT2D eigenvalue weighted by molar-refractivity contribution is 5.92. The lowest BCUT2D eigenvalue weighted by molar-refractivity contribution is 0.0119. The van der Waals surface area contributed by atoms with Crippen molar-refractivity contribution in [3.05, 3.63) is 54.0 Å². The zero-order valence-corrected chi connectivity index (χ0v) is 17.6. The molecule has 30 heavy (non-hydrogen) atoms. The molecule has 158 valence electrons. The molecule has 4 heterocycles. The van der Waals surface area contributed by atoms with Gasteiger partial charge >= 0.3 is 0 Å². The van der Waals surface area contributed by atoms with Crippen molar-refractivity contribution in [3.8, 4) is 0 Å². The van der Waals surface area contributed by atoms with Gasteiger partial charge in [-0.25, -0.2) is 15.4 Å². The van der Waals surface area contributed by atoms with Gasteiger partial charge in [0.05, 0.1) is 5.56 Å². The lowest BCUT2D eigenvalue weighted by Crippen LogP contribution is -2.56. The van der Waals surface area contributed by atoms with Crippen LogP contribution in [0, 0.1) is 5.41 Å². The van der Waals surface area contributed by atoms with Crippen LogP contribution in [0.4, 0.5) is 5.95 Å². The summed E-state index contributed by atoms with van der Waals surface area (Å²) in [6.07, 6.45) is 6.27. The number of benzene rings is 1. The minimum absolute atomic E-state index is 0. The second-order valence-corrected chi connectivity index (χ2v) is 8.31. The molecule has 0 unspecified atom stereocenters. The van der Waals surface area contributed by atoms with Gasteiger partial charge in [0.15, 0.2) is 0 Å². The van der Waals surface area contributed by atoms with Gasteiger partial charge in [-0.05, 0) is 18.1 Å². The van der Waals surface area contributed by atoms with E-state index in [2.05, 4.69) is 61.8 Å². The second kappa shape index (κ2) is 7.86. The van der Waals surface area contributed by atoms with Crippen LogP contribution in [0.25, 0.3) is 10.9 Å². The first-order valence-corrected chi connectivity index (χ1v) is 9.84. The molecule has 0 bridgehead atoms. The third-order valence-electron chi connectivity index (χ3n) is 6.21. The molecule has 0 aliphatic carbocycles. The predicted octanol–water partition coefficient (Wildman–Crippen LogP) is 2.22. The number of para-hydroxylation sites is 1. The summed E-state index contributed by atoms with van der Waals surface area (Å²) >= 11 is 0. The highest BCUT2D eigenvalue weighted by Gasteiger charge is 2.48. The van der Waals surface area contributed by atoms with Crippen LogP contribution < -0.4 is 10.4 Å². The molecular weight excluding hydrogens is 404 g/mol. The van der Waals surface area contributed by atoms with Gasteiger partial charge in [0, 0.05) is 74.7 Å². The first-order chi connectivity index (χ1) is 14.1. The van der Waals surface area contributed by atoms with Crippen LogP contribution in [0.2, 0.25) is 0 Å². The number of anilines is 1. The first kappa shape index (κ1) is 20.6. The van der Waals surface area contributed by atoms with Crippen molar-refractivity contribution >= 4 is 35.2 Å². The molecule has 5 rings (SSSR count). The van der Waals surface area contributed by atoms with Crippen molar-refractivity contribution in [2.75, 3.05) is 31.1 Å². The molecule has 0 saturated carbocycles. The van der Waals surface area contributed by atoms with Crippen molar-refractivity contribution in [1.82, 2.24) is 24.9 Å². The fraction of sp³-hybridized carbons (Fsp3) is 0.381. The molecule has 8 nitrogen and oxygen atoms in total. The second-order valence-electron chi connectivity index (χ2n) is 8.31. The number of hydroxylamine groups is 1. The average Bonchev–Trinajstić information content (AvgIpc) is 3.30. The number of hydrogen-bond donors (Lipinski definition) is 2. The lowest BCUT2D eigenvalue weighted by Gasteiger charge is -2.48. The summed E-state index contributed by atoms with van der Waals surface area (Å²) < 4.78 is 2.20. The number of carbonyl (C=O) groups is 1. The zero-order chi connectivity index (χ0) is 20.0. The summed E-state index contributed by atoms with van der Waals surface area (Å²) in [5, 5.41) is 10.0. The topological polar surface area (TPSA) is 86.5 Å². The monoisotopic (exact) mass is 428 g/mol. The molecule has 9 heteroatoms. The normalized spacial score (nSPS) is 17.7. The van der Waals surface area contributed by atoms with Gasteiger partial charge in [-0.2, -0.15) is 0 Å². The molecule has 1 amide bonds. The van der Waals surface area contributed by atoms with E-state index >= 15 is 0 Å². The van der Waals surface area contributed by atoms with E-state index in [1.807, 2.05) is 0 Å². The molecule has 0 atom stereocenters. The minimum atomic E-state index is -0.600. The van der Waals surface area contributed by atoms with E-state index in [1.165, 1.54) is 28.9 Å². The fourth-order valence-electron chi connectivity index (χ4n) is 4.84. The van der Waals surface area contributed by atoms with Crippen LogP contribution in [0.15, 0.2) is 42.9 Å². The first-order valence-electron chi connectivity index (χ1n) is 9.84. The molecule has 1 spiro atoms. The maximum atomic E-state index is 11.4. The van der Waals surface area contributed by atoms with Gasteiger partial charge in [-0.3, -0.25) is 14.9 Å². The summed E-state index contributed by atoms with van der Waals surface area (Å²) in [5.74, 6) is 0.0429. The SMILES string of the molecule is Cl.Cn1cc(CN2CC3(CCN(c4ncc(C(=O)NO)cn4)C3)C2)c2ccccc21. The molecular formula is C21H25ClN6O2. The quantitative estimate of drug-likeness (QED) is 0.489. The number of rotatable bonds is 4. The Morgan fingerprint density at radius 3 is 2.67 bits per heavy atom. The van der Waals surface area contributed by atoms with Crippen LogP contribution in [0.5, 0.6) is 0 Å². The van der Waals surface area contributed by atoms with Crippen LogP contribution in [-0.4, -0.2) is 56.7 Å². The number of hydrogen-bond acceptors (Lipinski definition) is 6. The van der Waals surface area contributed by atoms with Crippen molar-refractivity contribution < 1.29 is 10.0 Å². The molecule has 3 aromatic rings. The Bertz CT molecular complexity index is 1060. The molecule has 0 radical (unpaired) electrons. The van der Waals surface area contributed by atoms with Gasteiger partial charge in [0.25, 0.3) is 5.91 Å². The number of fused-ring (bicyclic) bond motifs is 1. The minimum Gasteiger partial charge on any atom is -0.350 e.